The van der Waals surface area contributed by atoms with Crippen molar-refractivity contribution in [3.05, 3.63) is 115 Å². The highest BCUT2D eigenvalue weighted by Gasteiger charge is 2.22. The van der Waals surface area contributed by atoms with Crippen LogP contribution in [0.3, 0.4) is 0 Å². The van der Waals surface area contributed by atoms with E-state index in [4.69, 9.17) is 11.1 Å². The zero-order valence-corrected chi connectivity index (χ0v) is 24.3. The number of hydrogen-bond donors (Lipinski definition) is 0. The highest BCUT2D eigenvalue weighted by Crippen LogP contribution is 2.41. The van der Waals surface area contributed by atoms with Gasteiger partial charge in [-0.1, -0.05) is 147 Å². The third kappa shape index (κ3) is 6.38. The average Bonchev–Trinajstić information content (AvgIpc) is 2.97. The summed E-state index contributed by atoms with van der Waals surface area (Å²) in [6, 6.07) is 42.8. The summed E-state index contributed by atoms with van der Waals surface area (Å²) in [5, 5.41) is 7.43. The first-order chi connectivity index (χ1) is 17.8. The van der Waals surface area contributed by atoms with Gasteiger partial charge >= 0.3 is 0 Å². The summed E-state index contributed by atoms with van der Waals surface area (Å²) in [4.78, 5) is 0. The molecule has 1 aliphatic carbocycles. The van der Waals surface area contributed by atoms with E-state index in [1.165, 1.54) is 70.8 Å². The van der Waals surface area contributed by atoms with Crippen LogP contribution in [0.2, 0.25) is 5.54 Å². The Bertz CT molecular complexity index is 1160. The van der Waals surface area contributed by atoms with Crippen LogP contribution in [0, 0.1) is 0 Å². The highest BCUT2D eigenvalue weighted by molar-refractivity contribution is 7.77. The fourth-order valence-corrected chi connectivity index (χ4v) is 14.8. The Morgan fingerprint density at radius 3 is 1.56 bits per heavy atom. The molecule has 0 nitrogen and oxygen atoms in total. The molecule has 4 heteroatoms. The molecular formula is C32H34ClP2Si-. The normalized spacial score (nSPS) is 15.1. The second-order valence-electron chi connectivity index (χ2n) is 9.51. The third-order valence-corrected chi connectivity index (χ3v) is 16.6. The van der Waals surface area contributed by atoms with Gasteiger partial charge in [0, 0.05) is 0 Å². The Kier molecular flexibility index (Phi) is 9.46. The predicted molar refractivity (Wildman–Crippen MR) is 166 cm³/mol. The maximum absolute atomic E-state index is 7.39. The molecule has 0 saturated heterocycles. The molecule has 0 radical (unpaired) electrons. The van der Waals surface area contributed by atoms with Gasteiger partial charge in [0.1, 0.15) is 0 Å². The molecule has 184 valence electrons. The molecule has 0 amide bonds. The summed E-state index contributed by atoms with van der Waals surface area (Å²) >= 11 is 7.39. The van der Waals surface area contributed by atoms with E-state index in [0.717, 1.165) is 0 Å². The Balaban J connectivity index is 1.49. The van der Waals surface area contributed by atoms with Gasteiger partial charge in [-0.3, -0.25) is 0 Å². The SMILES string of the molecule is Cl[Si-](c1ccccc1P(CCP(c1ccccc1)c1ccccc1)c1ccccc1)C1CCCCC1. The van der Waals surface area contributed by atoms with Crippen molar-refractivity contribution in [2.24, 2.45) is 0 Å². The van der Waals surface area contributed by atoms with E-state index in [1.54, 1.807) is 0 Å². The summed E-state index contributed by atoms with van der Waals surface area (Å²) in [6.07, 6.45) is 9.06. The molecular weight excluding hydrogens is 510 g/mol. The summed E-state index contributed by atoms with van der Waals surface area (Å²) in [6.45, 7) is 0. The molecule has 36 heavy (non-hydrogen) atoms. The van der Waals surface area contributed by atoms with Crippen LogP contribution >= 0.6 is 26.9 Å². The van der Waals surface area contributed by atoms with Crippen LogP contribution in [0.1, 0.15) is 32.1 Å². The molecule has 1 fully saturated rings. The molecule has 0 heterocycles. The summed E-state index contributed by atoms with van der Waals surface area (Å²) in [5.74, 6) is 0. The van der Waals surface area contributed by atoms with Crippen LogP contribution < -0.4 is 26.4 Å². The molecule has 0 aliphatic heterocycles. The molecule has 0 N–H and O–H groups in total. The van der Waals surface area contributed by atoms with Gasteiger partial charge in [-0.15, -0.1) is 5.54 Å². The van der Waals surface area contributed by atoms with E-state index in [2.05, 4.69) is 115 Å². The first kappa shape index (κ1) is 25.9. The van der Waals surface area contributed by atoms with Gasteiger partial charge in [0.25, 0.3) is 0 Å². The van der Waals surface area contributed by atoms with E-state index in [-0.39, 0.29) is 0 Å². The van der Waals surface area contributed by atoms with Gasteiger partial charge in [0.15, 0.2) is 0 Å². The maximum Gasteiger partial charge on any atom is -0.0195 e. The largest absolute Gasteiger partial charge is 0.361 e. The second kappa shape index (κ2) is 13.2. The fourth-order valence-electron chi connectivity index (χ4n) is 5.31. The molecule has 0 aromatic heterocycles. The molecule has 4 aromatic rings. The monoisotopic (exact) mass is 543 g/mol. The average molecular weight is 544 g/mol. The molecule has 0 spiro atoms. The van der Waals surface area contributed by atoms with Crippen molar-refractivity contribution in [1.29, 1.82) is 0 Å². The lowest BCUT2D eigenvalue weighted by molar-refractivity contribution is 0.501. The Hall–Kier alpha value is -1.75. The smallest absolute Gasteiger partial charge is 0.0195 e. The van der Waals surface area contributed by atoms with E-state index in [0.29, 0.717) is 5.54 Å². The van der Waals surface area contributed by atoms with Crippen LogP contribution in [0.25, 0.3) is 0 Å². The molecule has 1 saturated carbocycles. The molecule has 0 bridgehead atoms. The molecule has 1 unspecified atom stereocenters. The summed E-state index contributed by atoms with van der Waals surface area (Å²) < 4.78 is 0. The zero-order chi connectivity index (χ0) is 24.6. The molecule has 4 aromatic carbocycles. The van der Waals surface area contributed by atoms with Crippen molar-refractivity contribution in [3.63, 3.8) is 0 Å². The van der Waals surface area contributed by atoms with E-state index >= 15 is 0 Å². The van der Waals surface area contributed by atoms with Crippen molar-refractivity contribution >= 4 is 61.4 Å². The van der Waals surface area contributed by atoms with Crippen LogP contribution in [-0.2, 0) is 0 Å². The van der Waals surface area contributed by atoms with Gasteiger partial charge in [0.05, 0.1) is 0 Å². The van der Waals surface area contributed by atoms with E-state index in [9.17, 15) is 0 Å². The van der Waals surface area contributed by atoms with Gasteiger partial charge < -0.3 is 11.1 Å². The van der Waals surface area contributed by atoms with Crippen molar-refractivity contribution in [2.45, 2.75) is 37.6 Å². The van der Waals surface area contributed by atoms with Gasteiger partial charge in [-0.05, 0) is 49.4 Å². The number of rotatable bonds is 9. The summed E-state index contributed by atoms with van der Waals surface area (Å²) in [7, 11) is -1.99. The Morgan fingerprint density at radius 1 is 0.556 bits per heavy atom. The minimum atomic E-state index is -1.10. The van der Waals surface area contributed by atoms with Crippen LogP contribution in [-0.4, -0.2) is 20.4 Å². The standard InChI is InChI=1S/C32H34ClP2Si/c33-36(30-21-11-4-12-22-30)32-24-14-13-23-31(32)35(29-19-9-3-10-20-29)26-25-34(27-15-5-1-6-16-27)28-17-7-2-8-18-28/h1-3,5-10,13-20,23-24,30H,4,11-12,21-22,25-26H2/q-1. The Labute approximate surface area is 226 Å². The first-order valence-electron chi connectivity index (χ1n) is 13.1. The van der Waals surface area contributed by atoms with Crippen LogP contribution in [0.4, 0.5) is 0 Å². The summed E-state index contributed by atoms with van der Waals surface area (Å²) in [5.41, 5.74) is 0.699. The Morgan fingerprint density at radius 2 is 1.00 bits per heavy atom. The topological polar surface area (TPSA) is 0 Å². The van der Waals surface area contributed by atoms with Crippen molar-refractivity contribution in [3.8, 4) is 0 Å². The minimum absolute atomic E-state index is 0.410. The lowest BCUT2D eigenvalue weighted by atomic mass is 10.0. The third-order valence-electron chi connectivity index (χ3n) is 7.17. The first-order valence-corrected chi connectivity index (χ1v) is 18.8. The molecule has 1 aliphatic rings. The maximum atomic E-state index is 7.39. The number of benzene rings is 4. The van der Waals surface area contributed by atoms with Crippen molar-refractivity contribution in [1.82, 2.24) is 0 Å². The van der Waals surface area contributed by atoms with Gasteiger partial charge in [0.2, 0.25) is 0 Å². The quantitative estimate of drug-likeness (QED) is 0.121. The lowest BCUT2D eigenvalue weighted by Gasteiger charge is -2.40. The van der Waals surface area contributed by atoms with Gasteiger partial charge in [-0.2, -0.15) is 13.3 Å². The van der Waals surface area contributed by atoms with Crippen molar-refractivity contribution < 1.29 is 0 Å². The van der Waals surface area contributed by atoms with Crippen molar-refractivity contribution in [2.75, 3.05) is 12.3 Å². The minimum Gasteiger partial charge on any atom is -0.361 e. The van der Waals surface area contributed by atoms with Crippen LogP contribution in [0.15, 0.2) is 115 Å². The zero-order valence-electron chi connectivity index (χ0n) is 20.8. The fraction of sp³-hybridized carbons (Fsp3) is 0.250. The van der Waals surface area contributed by atoms with E-state index in [1.807, 2.05) is 0 Å². The number of hydrogen-bond acceptors (Lipinski definition) is 0. The lowest BCUT2D eigenvalue weighted by Crippen LogP contribution is -2.41. The molecule has 1 atom stereocenters. The van der Waals surface area contributed by atoms with Gasteiger partial charge in [-0.25, -0.2) is 0 Å². The highest BCUT2D eigenvalue weighted by atomic mass is 35.6. The van der Waals surface area contributed by atoms with E-state index < -0.39 is 23.9 Å². The second-order valence-corrected chi connectivity index (χ2v) is 17.4. The predicted octanol–water partition coefficient (Wildman–Crippen LogP) is 7.02. The molecule has 5 rings (SSSR count). The van der Waals surface area contributed by atoms with Crippen LogP contribution in [0.5, 0.6) is 0 Å². The number of halogens is 1.